The molecule has 2 aliphatic heterocycles. The maximum atomic E-state index is 12.6. The second-order valence-electron chi connectivity index (χ2n) is 8.83. The highest BCUT2D eigenvalue weighted by molar-refractivity contribution is 8.03. The monoisotopic (exact) mass is 589 g/mol. The number of benzene rings is 2. The van der Waals surface area contributed by atoms with Crippen LogP contribution in [0, 0.1) is 0 Å². The number of β-amino-alcohol motifs (C(OH)–C–C–N with tert-alkyl or cyclic N) is 1. The molecule has 0 aliphatic carbocycles. The largest absolute Gasteiger partial charge is 0.497 e. The van der Waals surface area contributed by atoms with Gasteiger partial charge in [-0.1, -0.05) is 35.4 Å². The van der Waals surface area contributed by atoms with Gasteiger partial charge < -0.3 is 39.4 Å². The first kappa shape index (κ1) is 30.8. The zero-order chi connectivity index (χ0) is 28.2. The molecule has 1 atom stereocenters. The van der Waals surface area contributed by atoms with Crippen molar-refractivity contribution in [2.75, 3.05) is 78.0 Å². The van der Waals surface area contributed by atoms with E-state index < -0.39 is 11.4 Å². The molecule has 40 heavy (non-hydrogen) atoms. The van der Waals surface area contributed by atoms with Gasteiger partial charge in [0.15, 0.2) is 7.28 Å². The lowest BCUT2D eigenvalue weighted by atomic mass is 9.62. The minimum Gasteiger partial charge on any atom is -0.497 e. The van der Waals surface area contributed by atoms with Crippen LogP contribution in [0.3, 0.4) is 0 Å². The molecule has 1 unspecified atom stereocenters. The number of fused-ring (bicyclic) bond motifs is 2. The van der Waals surface area contributed by atoms with Crippen molar-refractivity contribution in [1.29, 1.82) is 0 Å². The first-order valence-corrected chi connectivity index (χ1v) is 14.8. The average molecular weight is 590 g/mol. The van der Waals surface area contributed by atoms with Crippen LogP contribution in [-0.4, -0.2) is 95.4 Å². The second kappa shape index (κ2) is 15.7. The molecule has 0 amide bonds. The van der Waals surface area contributed by atoms with Gasteiger partial charge in [0.1, 0.15) is 24.8 Å². The molecule has 4 rings (SSSR count). The molecule has 1 radical (unpaired) electrons. The smallest absolute Gasteiger partial charge is 0.199 e. The normalized spacial score (nSPS) is 18.8. The van der Waals surface area contributed by atoms with E-state index in [0.717, 1.165) is 31.7 Å². The lowest BCUT2D eigenvalue weighted by molar-refractivity contribution is 0.0339. The van der Waals surface area contributed by atoms with Crippen LogP contribution in [0.1, 0.15) is 0 Å². The van der Waals surface area contributed by atoms with E-state index in [2.05, 4.69) is 29.6 Å². The van der Waals surface area contributed by atoms with Crippen LogP contribution in [0.15, 0.2) is 69.4 Å². The molecule has 215 valence electrons. The van der Waals surface area contributed by atoms with Gasteiger partial charge in [-0.2, -0.15) is 0 Å². The van der Waals surface area contributed by atoms with Crippen molar-refractivity contribution in [3.8, 4) is 11.5 Å². The topological polar surface area (TPSA) is 92.7 Å². The summed E-state index contributed by atoms with van der Waals surface area (Å²) in [6.07, 6.45) is 6.19. The Morgan fingerprint density at radius 2 is 1.82 bits per heavy atom. The molecule has 2 aromatic carbocycles. The summed E-state index contributed by atoms with van der Waals surface area (Å²) in [6.45, 7) is 2.27. The first-order valence-electron chi connectivity index (χ1n) is 13.1. The molecule has 2 aliphatic rings. The number of aliphatic hydroxyl groups excluding tert-OH is 2. The molecule has 0 spiro atoms. The molecule has 8 nitrogen and oxygen atoms in total. The Balaban J connectivity index is 1.47. The summed E-state index contributed by atoms with van der Waals surface area (Å²) in [5, 5.41) is 23.1. The van der Waals surface area contributed by atoms with Gasteiger partial charge in [-0.3, -0.25) is 0 Å². The third kappa shape index (κ3) is 8.19. The summed E-state index contributed by atoms with van der Waals surface area (Å²) in [5.74, 6) is 1.41. The number of rotatable bonds is 17. The maximum Gasteiger partial charge on any atom is 0.199 e. The van der Waals surface area contributed by atoms with Gasteiger partial charge in [-0.25, -0.2) is 4.39 Å². The second-order valence-corrected chi connectivity index (χ2v) is 11.2. The molecule has 0 bridgehead atoms. The summed E-state index contributed by atoms with van der Waals surface area (Å²) in [5.41, 5.74) is 2.08. The number of nitrogens with zero attached hydrogens (tertiary/aromatic N) is 1. The number of methoxy groups -OCH3 is 1. The minimum absolute atomic E-state index is 0.00271. The van der Waals surface area contributed by atoms with Crippen LogP contribution in [0.4, 0.5) is 10.1 Å². The molecule has 0 saturated carbocycles. The van der Waals surface area contributed by atoms with Crippen LogP contribution >= 0.6 is 23.5 Å². The van der Waals surface area contributed by atoms with Gasteiger partial charge in [0.05, 0.1) is 62.2 Å². The molecular weight excluding hydrogens is 554 g/mol. The Morgan fingerprint density at radius 1 is 1.00 bits per heavy atom. The van der Waals surface area contributed by atoms with Gasteiger partial charge in [0.2, 0.25) is 0 Å². The summed E-state index contributed by atoms with van der Waals surface area (Å²) >= 11 is 3.30. The van der Waals surface area contributed by atoms with E-state index in [1.165, 1.54) is 0 Å². The predicted octanol–water partition coefficient (Wildman–Crippen LogP) is 2.75. The lowest BCUT2D eigenvalue weighted by Gasteiger charge is -2.26. The van der Waals surface area contributed by atoms with Crippen molar-refractivity contribution in [3.05, 3.63) is 59.7 Å². The predicted molar refractivity (Wildman–Crippen MR) is 159 cm³/mol. The Kier molecular flexibility index (Phi) is 12.1. The van der Waals surface area contributed by atoms with Crippen LogP contribution in [0.25, 0.3) is 0 Å². The Labute approximate surface area is 244 Å². The lowest BCUT2D eigenvalue weighted by Crippen LogP contribution is -2.47. The van der Waals surface area contributed by atoms with Gasteiger partial charge in [0, 0.05) is 28.9 Å². The summed E-state index contributed by atoms with van der Waals surface area (Å²) in [4.78, 5) is 4.24. The van der Waals surface area contributed by atoms with Crippen molar-refractivity contribution in [1.82, 2.24) is 5.32 Å². The number of aliphatic hydroxyl groups is 2. The molecule has 2 aromatic rings. The number of halogens is 1. The number of allylic oxidation sites excluding steroid dienone is 2. The van der Waals surface area contributed by atoms with E-state index in [1.54, 1.807) is 30.6 Å². The van der Waals surface area contributed by atoms with Gasteiger partial charge in [0.25, 0.3) is 0 Å². The van der Waals surface area contributed by atoms with Crippen LogP contribution in [0.2, 0.25) is 0 Å². The molecule has 0 saturated heterocycles. The van der Waals surface area contributed by atoms with E-state index in [1.807, 2.05) is 42.5 Å². The fourth-order valence-electron chi connectivity index (χ4n) is 4.28. The zero-order valence-corrected chi connectivity index (χ0v) is 24.1. The van der Waals surface area contributed by atoms with Gasteiger partial charge in [-0.05, 0) is 30.3 Å². The van der Waals surface area contributed by atoms with Gasteiger partial charge >= 0.3 is 0 Å². The SMILES string of the molecule is COc1ccc2c(c1)N(CCO)/C(=C/C=C/C1(NCCOCCOCCO)[B]c3ccc(OCCF)cc3S1)S2. The molecular formula is C28H35BFN2O6S2. The number of nitrogens with one attached hydrogen (secondary N) is 1. The van der Waals surface area contributed by atoms with Crippen LogP contribution < -0.4 is 25.2 Å². The fourth-order valence-corrected chi connectivity index (χ4v) is 6.65. The molecule has 3 N–H and O–H groups in total. The van der Waals surface area contributed by atoms with E-state index in [9.17, 15) is 9.50 Å². The molecule has 0 fully saturated rings. The highest BCUT2D eigenvalue weighted by Gasteiger charge is 2.37. The Bertz CT molecular complexity index is 1170. The number of hydrogen-bond acceptors (Lipinski definition) is 10. The first-order chi connectivity index (χ1) is 19.6. The van der Waals surface area contributed by atoms with Crippen molar-refractivity contribution in [3.63, 3.8) is 0 Å². The number of hydrogen-bond donors (Lipinski definition) is 3. The van der Waals surface area contributed by atoms with E-state index in [-0.39, 0.29) is 19.8 Å². The Hall–Kier alpha value is -2.19. The fraction of sp³-hybridized carbons (Fsp3) is 0.429. The van der Waals surface area contributed by atoms with E-state index in [4.69, 9.17) is 24.1 Å². The van der Waals surface area contributed by atoms with Crippen molar-refractivity contribution >= 4 is 42.0 Å². The van der Waals surface area contributed by atoms with E-state index >= 15 is 0 Å². The van der Waals surface area contributed by atoms with Gasteiger partial charge in [-0.15, -0.1) is 11.8 Å². The van der Waals surface area contributed by atoms with Crippen LogP contribution in [-0.2, 0) is 9.47 Å². The molecule has 0 aromatic heterocycles. The zero-order valence-electron chi connectivity index (χ0n) is 22.5. The third-order valence-electron chi connectivity index (χ3n) is 6.08. The maximum absolute atomic E-state index is 12.6. The number of alkyl halides is 1. The van der Waals surface area contributed by atoms with Crippen molar-refractivity contribution < 1.29 is 33.6 Å². The summed E-state index contributed by atoms with van der Waals surface area (Å²) < 4.78 is 33.9. The number of thioether (sulfide) groups is 2. The minimum atomic E-state index is -0.535. The van der Waals surface area contributed by atoms with Crippen molar-refractivity contribution in [2.24, 2.45) is 0 Å². The third-order valence-corrected chi connectivity index (χ3v) is 8.52. The Morgan fingerprint density at radius 3 is 2.60 bits per heavy atom. The number of ether oxygens (including phenoxy) is 4. The quantitative estimate of drug-likeness (QED) is 0.189. The highest BCUT2D eigenvalue weighted by Crippen LogP contribution is 2.47. The molecule has 12 heteroatoms. The van der Waals surface area contributed by atoms with Crippen molar-refractivity contribution in [2.45, 2.75) is 14.6 Å². The summed E-state index contributed by atoms with van der Waals surface area (Å²) in [7, 11) is 3.81. The number of anilines is 1. The molecule has 2 heterocycles. The highest BCUT2D eigenvalue weighted by atomic mass is 32.2. The van der Waals surface area contributed by atoms with E-state index in [0.29, 0.717) is 45.3 Å². The van der Waals surface area contributed by atoms with Crippen LogP contribution in [0.5, 0.6) is 11.5 Å². The summed E-state index contributed by atoms with van der Waals surface area (Å²) in [6, 6.07) is 11.7. The standard InChI is InChI=1S/C28H35BFN2O6S2/c1-35-21-5-7-25-24(19-21)32(11-12-33)27(39-25)3-2-8-28(31-10-15-36-17-18-37-16-13-34)29-23-6-4-22(38-14-9-30)20-26(23)40-28/h2-8,19-20,31,33-34H,9-18H2,1H3/b8-2+,27-3-. The average Bonchev–Trinajstić information content (AvgIpc) is 3.50.